The number of hydrogen-bond donors (Lipinski definition) is 2. The smallest absolute Gasteiger partial charge is 0.387 e. The lowest BCUT2D eigenvalue weighted by Crippen LogP contribution is -2.51. The van der Waals surface area contributed by atoms with E-state index in [1.165, 1.54) is 23.4 Å². The Labute approximate surface area is 296 Å². The maximum Gasteiger partial charge on any atom is 0.416 e. The van der Waals surface area contributed by atoms with E-state index in [0.717, 1.165) is 29.8 Å². The monoisotopic (exact) mass is 733 g/mol. The van der Waals surface area contributed by atoms with Gasteiger partial charge in [-0.05, 0) is 61.5 Å². The molecule has 2 aromatic heterocycles. The molecule has 1 amide bonds. The molecule has 268 valence electrons. The molecule has 2 aromatic carbocycles. The van der Waals surface area contributed by atoms with Crippen LogP contribution in [-0.2, 0) is 23.9 Å². The Bertz CT molecular complexity index is 1910. The average Bonchev–Trinajstić information content (AvgIpc) is 3.82. The number of halogens is 4. The fourth-order valence-corrected chi connectivity index (χ4v) is 6.62. The Morgan fingerprint density at radius 2 is 1.80 bits per heavy atom. The van der Waals surface area contributed by atoms with E-state index in [0.29, 0.717) is 66.5 Å². The summed E-state index contributed by atoms with van der Waals surface area (Å²) in [6, 6.07) is 10.8. The van der Waals surface area contributed by atoms with Crippen molar-refractivity contribution in [2.24, 2.45) is 0 Å². The number of carbonyl (C=O) groups excluding carboxylic acids is 2. The molecule has 1 aliphatic carbocycles. The quantitative estimate of drug-likeness (QED) is 0.164. The maximum atomic E-state index is 13.6. The third-order valence-electron chi connectivity index (χ3n) is 8.27. The Balaban J connectivity index is 0.000000315. The van der Waals surface area contributed by atoms with Gasteiger partial charge in [-0.15, -0.1) is 5.10 Å². The van der Waals surface area contributed by atoms with Crippen molar-refractivity contribution in [2.45, 2.75) is 44.2 Å². The third-order valence-corrected chi connectivity index (χ3v) is 9.73. The van der Waals surface area contributed by atoms with Crippen LogP contribution in [0.1, 0.15) is 41.4 Å². The van der Waals surface area contributed by atoms with Gasteiger partial charge in [0.25, 0.3) is 11.5 Å². The molecule has 4 aromatic rings. The molecule has 2 aliphatic rings. The van der Waals surface area contributed by atoms with Crippen molar-refractivity contribution >= 4 is 64.5 Å². The van der Waals surface area contributed by atoms with Crippen LogP contribution >= 0.6 is 23.5 Å². The molecular weight excluding hydrogens is 695 g/mol. The largest absolute Gasteiger partial charge is 0.416 e. The molecule has 3 heterocycles. The van der Waals surface area contributed by atoms with Crippen LogP contribution in [-0.4, -0.2) is 88.8 Å². The van der Waals surface area contributed by atoms with Crippen LogP contribution in [0.15, 0.2) is 47.3 Å². The minimum atomic E-state index is -4.34. The van der Waals surface area contributed by atoms with Crippen LogP contribution < -0.4 is 25.4 Å². The van der Waals surface area contributed by atoms with Crippen LogP contribution in [0.25, 0.3) is 5.78 Å². The Hall–Kier alpha value is -4.44. The number of para-hydroxylation sites is 1. The SMILES string of the molecule is CCc1c(N2CCN(C(=O)c3ccccc3NSC3CC3)CC2)c(=O)n2nc(N(C)C)nc2n1CC=O.CNc1ccc(C(F)(F)F)cc1Cl. The zero-order chi connectivity index (χ0) is 36.2. The summed E-state index contributed by atoms with van der Waals surface area (Å²) in [5, 5.41) is 7.76. The van der Waals surface area contributed by atoms with Gasteiger partial charge in [-0.1, -0.05) is 30.7 Å². The number of alkyl halides is 3. The number of aldehydes is 1. The minimum Gasteiger partial charge on any atom is -0.387 e. The summed E-state index contributed by atoms with van der Waals surface area (Å²) in [6.07, 6.45) is -0.561. The van der Waals surface area contributed by atoms with Crippen molar-refractivity contribution in [2.75, 3.05) is 67.2 Å². The van der Waals surface area contributed by atoms with Gasteiger partial charge in [0.15, 0.2) is 0 Å². The zero-order valence-electron chi connectivity index (χ0n) is 28.1. The van der Waals surface area contributed by atoms with Gasteiger partial charge in [0.1, 0.15) is 12.0 Å². The van der Waals surface area contributed by atoms with E-state index in [9.17, 15) is 27.6 Å². The number of benzene rings is 2. The molecule has 2 fully saturated rings. The highest BCUT2D eigenvalue weighted by Gasteiger charge is 2.31. The molecule has 0 spiro atoms. The van der Waals surface area contributed by atoms with Crippen LogP contribution in [0.4, 0.5) is 36.2 Å². The molecule has 0 radical (unpaired) electrons. The highest BCUT2D eigenvalue weighted by atomic mass is 35.5. The molecule has 0 unspecified atom stereocenters. The van der Waals surface area contributed by atoms with E-state index in [-0.39, 0.29) is 23.0 Å². The number of piperazine rings is 1. The van der Waals surface area contributed by atoms with Gasteiger partial charge in [-0.2, -0.15) is 22.7 Å². The molecule has 1 saturated heterocycles. The topological polar surface area (TPSA) is 120 Å². The van der Waals surface area contributed by atoms with Crippen molar-refractivity contribution < 1.29 is 22.8 Å². The number of aromatic nitrogens is 4. The first-order chi connectivity index (χ1) is 23.9. The van der Waals surface area contributed by atoms with Crippen molar-refractivity contribution in [3.8, 4) is 0 Å². The van der Waals surface area contributed by atoms with E-state index < -0.39 is 11.7 Å². The second kappa shape index (κ2) is 15.6. The lowest BCUT2D eigenvalue weighted by molar-refractivity contribution is -0.137. The van der Waals surface area contributed by atoms with Crippen LogP contribution in [0, 0.1) is 0 Å². The molecule has 50 heavy (non-hydrogen) atoms. The highest BCUT2D eigenvalue weighted by Crippen LogP contribution is 2.36. The van der Waals surface area contributed by atoms with Gasteiger partial charge in [0.2, 0.25) is 11.7 Å². The number of nitrogens with zero attached hydrogens (tertiary/aromatic N) is 7. The predicted molar refractivity (Wildman–Crippen MR) is 192 cm³/mol. The maximum absolute atomic E-state index is 13.6. The number of anilines is 4. The minimum absolute atomic E-state index is 0.0180. The molecule has 17 heteroatoms. The second-order valence-corrected chi connectivity index (χ2v) is 13.4. The number of fused-ring (bicyclic) bond motifs is 1. The first kappa shape index (κ1) is 36.8. The first-order valence-corrected chi connectivity index (χ1v) is 17.4. The number of carbonyl (C=O) groups is 2. The molecular formula is C33H39ClF3N9O3S. The van der Waals surface area contributed by atoms with Crippen LogP contribution in [0.5, 0.6) is 0 Å². The fourth-order valence-electron chi connectivity index (χ4n) is 5.50. The van der Waals surface area contributed by atoms with E-state index in [4.69, 9.17) is 11.6 Å². The summed E-state index contributed by atoms with van der Waals surface area (Å²) >= 11 is 7.25. The third kappa shape index (κ3) is 8.12. The van der Waals surface area contributed by atoms with Gasteiger partial charge < -0.3 is 34.1 Å². The molecule has 1 aliphatic heterocycles. The normalized spacial score (nSPS) is 14.6. The molecule has 1 saturated carbocycles. The van der Waals surface area contributed by atoms with Gasteiger partial charge in [0, 0.05) is 52.6 Å². The highest BCUT2D eigenvalue weighted by molar-refractivity contribution is 8.01. The first-order valence-electron chi connectivity index (χ1n) is 16.1. The summed E-state index contributed by atoms with van der Waals surface area (Å²) in [4.78, 5) is 48.6. The number of amides is 1. The van der Waals surface area contributed by atoms with Crippen molar-refractivity contribution in [3.63, 3.8) is 0 Å². The van der Waals surface area contributed by atoms with E-state index in [1.807, 2.05) is 41.0 Å². The molecule has 2 N–H and O–H groups in total. The summed E-state index contributed by atoms with van der Waals surface area (Å²) in [7, 11) is 5.20. The van der Waals surface area contributed by atoms with Gasteiger partial charge >= 0.3 is 6.18 Å². The summed E-state index contributed by atoms with van der Waals surface area (Å²) in [6.45, 7) is 4.01. The van der Waals surface area contributed by atoms with E-state index in [2.05, 4.69) is 20.1 Å². The van der Waals surface area contributed by atoms with Crippen molar-refractivity contribution in [1.82, 2.24) is 24.1 Å². The van der Waals surface area contributed by atoms with Gasteiger partial charge in [-0.3, -0.25) is 9.59 Å². The fraction of sp³-hybridized carbons (Fsp3) is 0.424. The van der Waals surface area contributed by atoms with Gasteiger partial charge in [-0.25, -0.2) is 0 Å². The molecule has 12 nitrogen and oxygen atoms in total. The van der Waals surface area contributed by atoms with Crippen LogP contribution in [0.2, 0.25) is 5.02 Å². The molecule has 6 rings (SSSR count). The van der Waals surface area contributed by atoms with Gasteiger partial charge in [0.05, 0.1) is 39.8 Å². The van der Waals surface area contributed by atoms with E-state index >= 15 is 0 Å². The number of rotatable bonds is 10. The summed E-state index contributed by atoms with van der Waals surface area (Å²) in [5.41, 5.74) is 2.24. The standard InChI is InChI=1S/C25H32N8O3S.C8H7ClF3N/c1-4-20-21(23(36)33-25(32(20)15-16-34)26-24(27-33)29(2)3)30-11-13-31(14-12-30)22(35)18-7-5-6-8-19(18)28-37-17-9-10-17;1-13-7-3-2-5(4-6(7)9)8(10,11)12/h5-8,16-17,28H,4,9-15H2,1-3H3;2-4,13H,1H3. The molecule has 0 atom stereocenters. The van der Waals surface area contributed by atoms with Crippen molar-refractivity contribution in [1.29, 1.82) is 0 Å². The van der Waals surface area contributed by atoms with Crippen LogP contribution in [0.3, 0.4) is 0 Å². The van der Waals surface area contributed by atoms with Crippen molar-refractivity contribution in [3.05, 3.63) is 74.7 Å². The number of nitrogens with one attached hydrogen (secondary N) is 2. The predicted octanol–water partition coefficient (Wildman–Crippen LogP) is 5.30. The lowest BCUT2D eigenvalue weighted by Gasteiger charge is -2.37. The summed E-state index contributed by atoms with van der Waals surface area (Å²) in [5.74, 6) is 0.734. The Morgan fingerprint density at radius 1 is 1.10 bits per heavy atom. The lowest BCUT2D eigenvalue weighted by atomic mass is 10.1. The Morgan fingerprint density at radius 3 is 2.38 bits per heavy atom. The Kier molecular flexibility index (Phi) is 11.5. The second-order valence-electron chi connectivity index (χ2n) is 11.9. The average molecular weight is 734 g/mol. The zero-order valence-corrected chi connectivity index (χ0v) is 29.7. The summed E-state index contributed by atoms with van der Waals surface area (Å²) < 4.78 is 42.8. The molecule has 0 bridgehead atoms. The number of hydrogen-bond acceptors (Lipinski definition) is 10. The van der Waals surface area contributed by atoms with E-state index in [1.54, 1.807) is 42.6 Å².